The van der Waals surface area contributed by atoms with Crippen LogP contribution in [0, 0.1) is 11.3 Å². The molecule has 1 aliphatic carbocycles. The van der Waals surface area contributed by atoms with Crippen LogP contribution in [-0.2, 0) is 14.6 Å². The van der Waals surface area contributed by atoms with Crippen LogP contribution in [0.4, 0.5) is 11.6 Å². The summed E-state index contributed by atoms with van der Waals surface area (Å²) in [4.78, 5) is 27.6. The lowest BCUT2D eigenvalue weighted by molar-refractivity contribution is -0.130. The van der Waals surface area contributed by atoms with E-state index in [1.807, 2.05) is 31.4 Å². The van der Waals surface area contributed by atoms with Crippen molar-refractivity contribution in [2.75, 3.05) is 49.3 Å². The highest BCUT2D eigenvalue weighted by atomic mass is 32.2. The van der Waals surface area contributed by atoms with E-state index in [0.717, 1.165) is 35.2 Å². The van der Waals surface area contributed by atoms with Gasteiger partial charge in [0.15, 0.2) is 0 Å². The number of carbonyl (C=O) groups excluding carboxylic acids is 1. The Bertz CT molecular complexity index is 1460. The van der Waals surface area contributed by atoms with Crippen LogP contribution in [-0.4, -0.2) is 84.5 Å². The molecule has 0 N–H and O–H groups in total. The van der Waals surface area contributed by atoms with Gasteiger partial charge < -0.3 is 19.3 Å². The quantitative estimate of drug-likeness (QED) is 0.473. The average molecular weight is 536 g/mol. The first-order chi connectivity index (χ1) is 18.3. The van der Waals surface area contributed by atoms with Crippen molar-refractivity contribution in [2.24, 2.45) is 0 Å². The van der Waals surface area contributed by atoms with Crippen LogP contribution < -0.4 is 9.80 Å². The van der Waals surface area contributed by atoms with Crippen molar-refractivity contribution >= 4 is 38.3 Å². The normalized spacial score (nSPS) is 20.3. The predicted octanol–water partition coefficient (Wildman–Crippen LogP) is 2.77. The largest absolute Gasteiger partial charge is 0.367 e. The first kappa shape index (κ1) is 26.0. The molecule has 1 saturated heterocycles. The predicted molar refractivity (Wildman–Crippen MR) is 147 cm³/mol. The first-order valence-electron chi connectivity index (χ1n) is 13.0. The smallest absolute Gasteiger partial charge is 0.236 e. The Morgan fingerprint density at radius 2 is 1.84 bits per heavy atom. The molecule has 3 heterocycles. The van der Waals surface area contributed by atoms with Crippen LogP contribution in [0.2, 0.25) is 0 Å². The summed E-state index contributed by atoms with van der Waals surface area (Å²) in [5, 5.41) is 9.68. The van der Waals surface area contributed by atoms with E-state index in [1.54, 1.807) is 11.1 Å². The fraction of sp³-hybridized carbons (Fsp3) is 0.481. The number of benzene rings is 1. The monoisotopic (exact) mass is 535 g/mol. The molecule has 5 rings (SSSR count). The van der Waals surface area contributed by atoms with Gasteiger partial charge in [0.25, 0.3) is 0 Å². The van der Waals surface area contributed by atoms with Crippen molar-refractivity contribution in [3.05, 3.63) is 42.7 Å². The number of carbonyl (C=O) groups is 1. The number of rotatable bonds is 6. The van der Waals surface area contributed by atoms with Crippen LogP contribution in [0.25, 0.3) is 16.7 Å². The molecule has 2 aromatic heterocycles. The van der Waals surface area contributed by atoms with Gasteiger partial charge in [-0.15, -0.1) is 0 Å². The van der Waals surface area contributed by atoms with E-state index in [0.29, 0.717) is 45.0 Å². The van der Waals surface area contributed by atoms with Crippen molar-refractivity contribution in [3.63, 3.8) is 0 Å². The maximum Gasteiger partial charge on any atom is 0.236 e. The maximum absolute atomic E-state index is 12.1. The molecular weight excluding hydrogens is 502 g/mol. The van der Waals surface area contributed by atoms with E-state index in [2.05, 4.69) is 37.5 Å². The molecule has 0 spiro atoms. The number of anilines is 2. The molecule has 1 amide bonds. The molecule has 0 bridgehead atoms. The van der Waals surface area contributed by atoms with Crippen LogP contribution in [0.1, 0.15) is 32.1 Å². The van der Waals surface area contributed by atoms with Crippen LogP contribution in [0.5, 0.6) is 0 Å². The van der Waals surface area contributed by atoms with E-state index >= 15 is 0 Å². The third-order valence-electron chi connectivity index (χ3n) is 7.90. The van der Waals surface area contributed by atoms with Crippen molar-refractivity contribution in [3.8, 4) is 11.9 Å². The molecular formula is C27H33N7O3S. The molecule has 38 heavy (non-hydrogen) atoms. The molecule has 11 heteroatoms. The molecule has 0 atom stereocenters. The van der Waals surface area contributed by atoms with Gasteiger partial charge in [-0.25, -0.2) is 13.4 Å². The second-order valence-corrected chi connectivity index (χ2v) is 12.5. The molecule has 1 saturated carbocycles. The standard InChI is InChI=1S/C27H33N7O3S/c1-31(20-6-8-21(9-7-20)38(2,36)37)27-29-14-11-25(30-27)34-15-12-22-23(4-3-5-24(22)34)32-16-18-33(19-17-32)26(35)10-13-28/h3-5,11-12,14-15,20-21H,6-10,16-19H2,1-2H3. The number of hydrogen-bond acceptors (Lipinski definition) is 8. The highest BCUT2D eigenvalue weighted by Gasteiger charge is 2.30. The van der Waals surface area contributed by atoms with E-state index in [9.17, 15) is 13.2 Å². The Balaban J connectivity index is 1.34. The molecule has 2 aliphatic rings. The van der Waals surface area contributed by atoms with Gasteiger partial charge in [0, 0.05) is 69.0 Å². The Morgan fingerprint density at radius 3 is 2.53 bits per heavy atom. The number of nitriles is 1. The minimum Gasteiger partial charge on any atom is -0.367 e. The van der Waals surface area contributed by atoms with Gasteiger partial charge in [0.2, 0.25) is 11.9 Å². The van der Waals surface area contributed by atoms with Gasteiger partial charge in [-0.2, -0.15) is 10.2 Å². The van der Waals surface area contributed by atoms with E-state index in [1.165, 1.54) is 6.26 Å². The van der Waals surface area contributed by atoms with Crippen LogP contribution in [0.3, 0.4) is 0 Å². The fourth-order valence-electron chi connectivity index (χ4n) is 5.67. The number of sulfone groups is 1. The molecule has 3 aromatic rings. The molecule has 2 fully saturated rings. The Hall–Kier alpha value is -3.65. The summed E-state index contributed by atoms with van der Waals surface area (Å²) < 4.78 is 25.9. The van der Waals surface area contributed by atoms with Gasteiger partial charge in [0.1, 0.15) is 22.1 Å². The Labute approximate surface area is 223 Å². The van der Waals surface area contributed by atoms with Gasteiger partial charge in [0.05, 0.1) is 16.8 Å². The van der Waals surface area contributed by atoms with Crippen LogP contribution in [0.15, 0.2) is 42.7 Å². The molecule has 200 valence electrons. The van der Waals surface area contributed by atoms with E-state index < -0.39 is 9.84 Å². The van der Waals surface area contributed by atoms with Crippen molar-refractivity contribution in [2.45, 2.75) is 43.4 Å². The van der Waals surface area contributed by atoms with Crippen molar-refractivity contribution in [1.29, 1.82) is 5.26 Å². The number of nitrogens with zero attached hydrogens (tertiary/aromatic N) is 7. The summed E-state index contributed by atoms with van der Waals surface area (Å²) >= 11 is 0. The summed E-state index contributed by atoms with van der Waals surface area (Å²) in [5.74, 6) is 1.29. The van der Waals surface area contributed by atoms with E-state index in [-0.39, 0.29) is 23.6 Å². The first-order valence-corrected chi connectivity index (χ1v) is 15.0. The molecule has 0 unspecified atom stereocenters. The zero-order chi connectivity index (χ0) is 26.9. The zero-order valence-electron chi connectivity index (χ0n) is 21.8. The molecule has 1 aliphatic heterocycles. The molecule has 10 nitrogen and oxygen atoms in total. The zero-order valence-corrected chi connectivity index (χ0v) is 22.6. The molecule has 0 radical (unpaired) electrons. The third kappa shape index (κ3) is 5.18. The lowest BCUT2D eigenvalue weighted by Gasteiger charge is -2.36. The number of aromatic nitrogens is 3. The highest BCUT2D eigenvalue weighted by molar-refractivity contribution is 7.91. The number of amides is 1. The van der Waals surface area contributed by atoms with Gasteiger partial charge in [-0.05, 0) is 49.9 Å². The number of fused-ring (bicyclic) bond motifs is 1. The summed E-state index contributed by atoms with van der Waals surface area (Å²) in [6, 6.07) is 12.3. The molecule has 1 aromatic carbocycles. The van der Waals surface area contributed by atoms with Gasteiger partial charge >= 0.3 is 0 Å². The van der Waals surface area contributed by atoms with E-state index in [4.69, 9.17) is 10.2 Å². The number of piperazine rings is 1. The van der Waals surface area contributed by atoms with Gasteiger partial charge in [-0.1, -0.05) is 6.07 Å². The Kier molecular flexibility index (Phi) is 7.25. The maximum atomic E-state index is 12.1. The minimum absolute atomic E-state index is 0.0730. The minimum atomic E-state index is -3.00. The third-order valence-corrected chi connectivity index (χ3v) is 9.58. The summed E-state index contributed by atoms with van der Waals surface area (Å²) in [6.07, 6.45) is 7.97. The fourth-order valence-corrected chi connectivity index (χ4v) is 6.80. The summed E-state index contributed by atoms with van der Waals surface area (Å²) in [6.45, 7) is 2.63. The van der Waals surface area contributed by atoms with Crippen LogP contribution >= 0.6 is 0 Å². The number of hydrogen-bond donors (Lipinski definition) is 0. The lowest BCUT2D eigenvalue weighted by Crippen LogP contribution is -2.48. The average Bonchev–Trinajstić information content (AvgIpc) is 3.37. The Morgan fingerprint density at radius 1 is 1.11 bits per heavy atom. The second kappa shape index (κ2) is 10.6. The topological polar surface area (TPSA) is 115 Å². The highest BCUT2D eigenvalue weighted by Crippen LogP contribution is 2.31. The van der Waals surface area contributed by atoms with Gasteiger partial charge in [-0.3, -0.25) is 4.79 Å². The second-order valence-electron chi connectivity index (χ2n) is 10.2. The SMILES string of the molecule is CN(c1nccc(-n2ccc3c(N4CCN(C(=O)CC#N)CC4)cccc32)n1)C1CCC(S(C)(=O)=O)CC1. The summed E-state index contributed by atoms with van der Waals surface area (Å²) in [5.41, 5.74) is 2.15. The summed E-state index contributed by atoms with van der Waals surface area (Å²) in [7, 11) is -1.02. The van der Waals surface area contributed by atoms with Crippen molar-refractivity contribution < 1.29 is 13.2 Å². The lowest BCUT2D eigenvalue weighted by atomic mass is 9.94. The van der Waals surface area contributed by atoms with Crippen molar-refractivity contribution in [1.82, 2.24) is 19.4 Å².